The van der Waals surface area contributed by atoms with Gasteiger partial charge in [-0.1, -0.05) is 30.3 Å². The Balaban J connectivity index is 1.52. The van der Waals surface area contributed by atoms with E-state index in [0.717, 1.165) is 45.4 Å². The number of hydrogen-bond acceptors (Lipinski definition) is 3. The molecule has 0 amide bonds. The maximum Gasteiger partial charge on any atom is 0.307 e. The summed E-state index contributed by atoms with van der Waals surface area (Å²) in [6, 6.07) is 10.4. The standard InChI is InChI=1S/C17H25NO3/c19-17(20)16-9-4-10-18(14-16)11-13-21-12-5-8-15-6-2-1-3-7-15/h1-3,6-7,16H,4-5,8-14H2,(H,19,20). The Labute approximate surface area is 126 Å². The van der Waals surface area contributed by atoms with Crippen molar-refractivity contribution in [3.05, 3.63) is 35.9 Å². The number of aliphatic carboxylic acids is 1. The number of hydrogen-bond donors (Lipinski definition) is 1. The van der Waals surface area contributed by atoms with Gasteiger partial charge in [-0.3, -0.25) is 4.79 Å². The van der Waals surface area contributed by atoms with Crippen LogP contribution >= 0.6 is 0 Å². The molecule has 1 heterocycles. The zero-order chi connectivity index (χ0) is 14.9. The molecule has 1 aliphatic heterocycles. The highest BCUT2D eigenvalue weighted by molar-refractivity contribution is 5.70. The fourth-order valence-corrected chi connectivity index (χ4v) is 2.78. The highest BCUT2D eigenvalue weighted by Gasteiger charge is 2.24. The first-order chi connectivity index (χ1) is 10.3. The van der Waals surface area contributed by atoms with Crippen molar-refractivity contribution in [1.82, 2.24) is 4.90 Å². The van der Waals surface area contributed by atoms with Crippen LogP contribution in [-0.2, 0) is 16.0 Å². The van der Waals surface area contributed by atoms with Crippen LogP contribution in [0.4, 0.5) is 0 Å². The van der Waals surface area contributed by atoms with E-state index in [9.17, 15) is 4.79 Å². The predicted molar refractivity (Wildman–Crippen MR) is 82.4 cm³/mol. The van der Waals surface area contributed by atoms with Gasteiger partial charge in [0.25, 0.3) is 0 Å². The number of carbonyl (C=O) groups is 1. The van der Waals surface area contributed by atoms with Gasteiger partial charge in [0, 0.05) is 19.7 Å². The molecular weight excluding hydrogens is 266 g/mol. The Morgan fingerprint density at radius 3 is 2.86 bits per heavy atom. The van der Waals surface area contributed by atoms with E-state index >= 15 is 0 Å². The smallest absolute Gasteiger partial charge is 0.307 e. The molecule has 0 aliphatic carbocycles. The summed E-state index contributed by atoms with van der Waals surface area (Å²) in [4.78, 5) is 13.2. The van der Waals surface area contributed by atoms with E-state index in [-0.39, 0.29) is 5.92 Å². The number of likely N-dealkylation sites (tertiary alicyclic amines) is 1. The first-order valence-electron chi connectivity index (χ1n) is 7.82. The molecule has 4 nitrogen and oxygen atoms in total. The van der Waals surface area contributed by atoms with E-state index in [1.54, 1.807) is 0 Å². The van der Waals surface area contributed by atoms with Crippen molar-refractivity contribution in [1.29, 1.82) is 0 Å². The molecule has 4 heteroatoms. The van der Waals surface area contributed by atoms with Crippen LogP contribution in [0.5, 0.6) is 0 Å². The molecule has 0 spiro atoms. The lowest BCUT2D eigenvalue weighted by atomic mass is 9.98. The SMILES string of the molecule is O=C(O)C1CCCN(CCOCCCc2ccccc2)C1. The van der Waals surface area contributed by atoms with Gasteiger partial charge in [0.05, 0.1) is 12.5 Å². The molecule has 1 aromatic carbocycles. The monoisotopic (exact) mass is 291 g/mol. The molecule has 1 unspecified atom stereocenters. The van der Waals surface area contributed by atoms with Gasteiger partial charge in [-0.2, -0.15) is 0 Å². The van der Waals surface area contributed by atoms with Crippen LogP contribution in [0.25, 0.3) is 0 Å². The molecule has 0 radical (unpaired) electrons. The summed E-state index contributed by atoms with van der Waals surface area (Å²) in [5.41, 5.74) is 1.35. The van der Waals surface area contributed by atoms with Crippen LogP contribution in [0.2, 0.25) is 0 Å². The maximum atomic E-state index is 11.0. The van der Waals surface area contributed by atoms with Crippen LogP contribution < -0.4 is 0 Å². The van der Waals surface area contributed by atoms with Crippen LogP contribution in [0.15, 0.2) is 30.3 Å². The molecule has 0 saturated carbocycles. The zero-order valence-electron chi connectivity index (χ0n) is 12.5. The van der Waals surface area contributed by atoms with E-state index < -0.39 is 5.97 Å². The fraction of sp³-hybridized carbons (Fsp3) is 0.588. The second-order valence-corrected chi connectivity index (χ2v) is 5.68. The Bertz CT molecular complexity index is 421. The third kappa shape index (κ3) is 5.86. The average Bonchev–Trinajstić information content (AvgIpc) is 2.52. The number of piperidine rings is 1. The van der Waals surface area contributed by atoms with Crippen LogP contribution in [0, 0.1) is 5.92 Å². The minimum atomic E-state index is -0.663. The number of benzene rings is 1. The van der Waals surface area contributed by atoms with Crippen molar-refractivity contribution in [2.24, 2.45) is 5.92 Å². The second-order valence-electron chi connectivity index (χ2n) is 5.68. The van der Waals surface area contributed by atoms with Gasteiger partial charge in [-0.15, -0.1) is 0 Å². The molecule has 1 aliphatic rings. The second kappa shape index (κ2) is 8.80. The van der Waals surface area contributed by atoms with Crippen LogP contribution in [0.1, 0.15) is 24.8 Å². The van der Waals surface area contributed by atoms with Crippen LogP contribution in [-0.4, -0.2) is 48.8 Å². The molecule has 1 atom stereocenters. The molecule has 1 N–H and O–H groups in total. The van der Waals surface area contributed by atoms with Gasteiger partial charge < -0.3 is 14.7 Å². The summed E-state index contributed by atoms with van der Waals surface area (Å²) >= 11 is 0. The summed E-state index contributed by atoms with van der Waals surface area (Å²) in [5, 5.41) is 9.05. The Morgan fingerprint density at radius 2 is 2.10 bits per heavy atom. The van der Waals surface area contributed by atoms with Gasteiger partial charge in [-0.05, 0) is 37.8 Å². The summed E-state index contributed by atoms with van der Waals surface area (Å²) in [6.07, 6.45) is 3.86. The van der Waals surface area contributed by atoms with E-state index in [2.05, 4.69) is 29.2 Å². The fourth-order valence-electron chi connectivity index (χ4n) is 2.78. The minimum Gasteiger partial charge on any atom is -0.481 e. The molecule has 2 rings (SSSR count). The minimum absolute atomic E-state index is 0.197. The number of rotatable bonds is 8. The molecule has 0 aromatic heterocycles. The Hall–Kier alpha value is -1.39. The third-order valence-electron chi connectivity index (χ3n) is 4.00. The molecule has 1 saturated heterocycles. The summed E-state index contributed by atoms with van der Waals surface area (Å²) in [6.45, 7) is 3.97. The highest BCUT2D eigenvalue weighted by Crippen LogP contribution is 2.16. The van der Waals surface area contributed by atoms with Gasteiger partial charge in [0.2, 0.25) is 0 Å². The topological polar surface area (TPSA) is 49.8 Å². The van der Waals surface area contributed by atoms with Gasteiger partial charge in [0.15, 0.2) is 0 Å². The lowest BCUT2D eigenvalue weighted by Crippen LogP contribution is -2.40. The Morgan fingerprint density at radius 1 is 1.29 bits per heavy atom. The van der Waals surface area contributed by atoms with Gasteiger partial charge in [-0.25, -0.2) is 0 Å². The first kappa shape index (κ1) is 16.0. The summed E-state index contributed by atoms with van der Waals surface area (Å²) < 4.78 is 5.66. The molecule has 21 heavy (non-hydrogen) atoms. The first-order valence-corrected chi connectivity index (χ1v) is 7.82. The van der Waals surface area contributed by atoms with Crippen molar-refractivity contribution < 1.29 is 14.6 Å². The lowest BCUT2D eigenvalue weighted by molar-refractivity contribution is -0.143. The van der Waals surface area contributed by atoms with E-state index in [1.165, 1.54) is 5.56 Å². The number of ether oxygens (including phenoxy) is 1. The van der Waals surface area contributed by atoms with Crippen molar-refractivity contribution in [2.75, 3.05) is 32.8 Å². The molecule has 116 valence electrons. The summed E-state index contributed by atoms with van der Waals surface area (Å²) in [7, 11) is 0. The lowest BCUT2D eigenvalue weighted by Gasteiger charge is -2.30. The molecule has 1 fully saturated rings. The van der Waals surface area contributed by atoms with E-state index in [4.69, 9.17) is 9.84 Å². The number of aryl methyl sites for hydroxylation is 1. The number of nitrogens with zero attached hydrogens (tertiary/aromatic N) is 1. The number of carboxylic acid groups (broad SMARTS) is 1. The molecule has 1 aromatic rings. The van der Waals surface area contributed by atoms with Crippen molar-refractivity contribution >= 4 is 5.97 Å². The number of carboxylic acids is 1. The largest absolute Gasteiger partial charge is 0.481 e. The Kier molecular flexibility index (Phi) is 6.70. The van der Waals surface area contributed by atoms with Gasteiger partial charge in [0.1, 0.15) is 0 Å². The average molecular weight is 291 g/mol. The van der Waals surface area contributed by atoms with Crippen molar-refractivity contribution in [2.45, 2.75) is 25.7 Å². The molecule has 0 bridgehead atoms. The molecular formula is C17H25NO3. The predicted octanol–water partition coefficient (Wildman–Crippen LogP) is 2.43. The van der Waals surface area contributed by atoms with E-state index in [1.807, 2.05) is 6.07 Å². The van der Waals surface area contributed by atoms with E-state index in [0.29, 0.717) is 13.2 Å². The van der Waals surface area contributed by atoms with Gasteiger partial charge >= 0.3 is 5.97 Å². The quantitative estimate of drug-likeness (QED) is 0.747. The normalized spacial score (nSPS) is 19.5. The zero-order valence-corrected chi connectivity index (χ0v) is 12.5. The van der Waals surface area contributed by atoms with Crippen molar-refractivity contribution in [3.8, 4) is 0 Å². The van der Waals surface area contributed by atoms with Crippen LogP contribution in [0.3, 0.4) is 0 Å². The maximum absolute atomic E-state index is 11.0. The third-order valence-corrected chi connectivity index (χ3v) is 4.00. The highest BCUT2D eigenvalue weighted by atomic mass is 16.5. The summed E-state index contributed by atoms with van der Waals surface area (Å²) in [5.74, 6) is -0.861. The van der Waals surface area contributed by atoms with Crippen molar-refractivity contribution in [3.63, 3.8) is 0 Å².